The van der Waals surface area contributed by atoms with E-state index in [9.17, 15) is 5.11 Å². The standard InChI is InChI=1S/C21H24N2O/c1-16-19(15-23-13-10-17(9-12-22)11-14-23)7-8-20(21(16)24)18-5-3-2-4-6-18/h2-8,17,24H,9-11,13-15H2,1H3. The van der Waals surface area contributed by atoms with Crippen molar-refractivity contribution in [2.24, 2.45) is 5.92 Å². The first-order valence-electron chi connectivity index (χ1n) is 8.65. The Kier molecular flexibility index (Phi) is 5.17. The van der Waals surface area contributed by atoms with Crippen molar-refractivity contribution in [3.8, 4) is 22.9 Å². The van der Waals surface area contributed by atoms with Crippen LogP contribution in [0.25, 0.3) is 11.1 Å². The summed E-state index contributed by atoms with van der Waals surface area (Å²) in [6.45, 7) is 4.94. The zero-order valence-electron chi connectivity index (χ0n) is 14.2. The second-order valence-electron chi connectivity index (χ2n) is 6.69. The molecule has 0 aliphatic carbocycles. The van der Waals surface area contributed by atoms with Crippen molar-refractivity contribution >= 4 is 0 Å². The van der Waals surface area contributed by atoms with E-state index in [-0.39, 0.29) is 0 Å². The van der Waals surface area contributed by atoms with Gasteiger partial charge in [-0.15, -0.1) is 0 Å². The molecule has 0 aromatic heterocycles. The lowest BCUT2D eigenvalue weighted by Gasteiger charge is -2.31. The number of likely N-dealkylation sites (tertiary alicyclic amines) is 1. The van der Waals surface area contributed by atoms with E-state index in [0.717, 1.165) is 49.2 Å². The molecule has 0 radical (unpaired) electrons. The zero-order chi connectivity index (χ0) is 16.9. The summed E-state index contributed by atoms with van der Waals surface area (Å²) in [6, 6.07) is 16.5. The lowest BCUT2D eigenvalue weighted by atomic mass is 9.93. The second-order valence-corrected chi connectivity index (χ2v) is 6.69. The number of nitrogens with zero attached hydrogens (tertiary/aromatic N) is 2. The van der Waals surface area contributed by atoms with Crippen molar-refractivity contribution in [2.75, 3.05) is 13.1 Å². The minimum atomic E-state index is 0.387. The maximum absolute atomic E-state index is 10.6. The minimum Gasteiger partial charge on any atom is -0.507 e. The highest BCUT2D eigenvalue weighted by atomic mass is 16.3. The van der Waals surface area contributed by atoms with Gasteiger partial charge in [-0.2, -0.15) is 5.26 Å². The molecule has 2 aromatic rings. The van der Waals surface area contributed by atoms with Crippen molar-refractivity contribution in [2.45, 2.75) is 32.7 Å². The van der Waals surface area contributed by atoms with Crippen LogP contribution < -0.4 is 0 Å². The molecule has 1 aliphatic rings. The van der Waals surface area contributed by atoms with Crippen LogP contribution in [0.4, 0.5) is 0 Å². The topological polar surface area (TPSA) is 47.3 Å². The van der Waals surface area contributed by atoms with Crippen LogP contribution in [-0.2, 0) is 6.54 Å². The molecule has 1 fully saturated rings. The molecule has 1 N–H and O–H groups in total. The number of phenols is 1. The molecule has 1 heterocycles. The second kappa shape index (κ2) is 7.51. The summed E-state index contributed by atoms with van der Waals surface area (Å²) >= 11 is 0. The third-order valence-corrected chi connectivity index (χ3v) is 5.11. The Morgan fingerprint density at radius 1 is 1.12 bits per heavy atom. The monoisotopic (exact) mass is 320 g/mol. The highest BCUT2D eigenvalue weighted by molar-refractivity contribution is 5.72. The van der Waals surface area contributed by atoms with E-state index >= 15 is 0 Å². The smallest absolute Gasteiger partial charge is 0.126 e. The summed E-state index contributed by atoms with van der Waals surface area (Å²) < 4.78 is 0. The van der Waals surface area contributed by atoms with E-state index in [2.05, 4.69) is 17.0 Å². The first kappa shape index (κ1) is 16.5. The summed E-state index contributed by atoms with van der Waals surface area (Å²) in [5.74, 6) is 0.944. The first-order chi connectivity index (χ1) is 11.7. The number of hydrogen-bond acceptors (Lipinski definition) is 3. The van der Waals surface area contributed by atoms with Crippen LogP contribution in [0.15, 0.2) is 42.5 Å². The Hall–Kier alpha value is -2.31. The van der Waals surface area contributed by atoms with Crippen LogP contribution in [0.5, 0.6) is 5.75 Å². The van der Waals surface area contributed by atoms with Crippen LogP contribution >= 0.6 is 0 Å². The molecule has 3 rings (SSSR count). The van der Waals surface area contributed by atoms with E-state index in [1.54, 1.807) is 0 Å². The van der Waals surface area contributed by atoms with Crippen LogP contribution in [0.3, 0.4) is 0 Å². The molecule has 0 unspecified atom stereocenters. The predicted octanol–water partition coefficient (Wildman–Crippen LogP) is 4.49. The van der Waals surface area contributed by atoms with Gasteiger partial charge in [0.25, 0.3) is 0 Å². The number of nitriles is 1. The molecule has 3 heteroatoms. The molecule has 1 aliphatic heterocycles. The highest BCUT2D eigenvalue weighted by Crippen LogP contribution is 2.34. The fourth-order valence-electron chi connectivity index (χ4n) is 3.48. The maximum atomic E-state index is 10.6. The average molecular weight is 320 g/mol. The van der Waals surface area contributed by atoms with Gasteiger partial charge in [-0.1, -0.05) is 42.5 Å². The van der Waals surface area contributed by atoms with Gasteiger partial charge < -0.3 is 5.11 Å². The quantitative estimate of drug-likeness (QED) is 0.902. The Balaban J connectivity index is 1.72. The molecule has 3 nitrogen and oxygen atoms in total. The van der Waals surface area contributed by atoms with E-state index in [1.165, 1.54) is 5.56 Å². The largest absolute Gasteiger partial charge is 0.507 e. The van der Waals surface area contributed by atoms with Gasteiger partial charge in [-0.25, -0.2) is 0 Å². The summed E-state index contributed by atoms with van der Waals surface area (Å²) in [5.41, 5.74) is 4.09. The molecule has 24 heavy (non-hydrogen) atoms. The molecule has 0 atom stereocenters. The summed E-state index contributed by atoms with van der Waals surface area (Å²) in [5, 5.41) is 19.4. The van der Waals surface area contributed by atoms with Gasteiger partial charge in [0.2, 0.25) is 0 Å². The van der Waals surface area contributed by atoms with Gasteiger partial charge >= 0.3 is 0 Å². The normalized spacial score (nSPS) is 16.0. The zero-order valence-corrected chi connectivity index (χ0v) is 14.2. The van der Waals surface area contributed by atoms with Gasteiger partial charge in [-0.05, 0) is 55.5 Å². The SMILES string of the molecule is Cc1c(CN2CCC(CC#N)CC2)ccc(-c2ccccc2)c1O. The number of piperidine rings is 1. The Bertz CT molecular complexity index is 725. The third-order valence-electron chi connectivity index (χ3n) is 5.11. The van der Waals surface area contributed by atoms with Crippen molar-refractivity contribution in [1.29, 1.82) is 5.26 Å². The van der Waals surface area contributed by atoms with Crippen LogP contribution in [0, 0.1) is 24.2 Å². The van der Waals surface area contributed by atoms with E-state index in [0.29, 0.717) is 18.1 Å². The first-order valence-corrected chi connectivity index (χ1v) is 8.65. The van der Waals surface area contributed by atoms with E-state index in [4.69, 9.17) is 5.26 Å². The van der Waals surface area contributed by atoms with Crippen molar-refractivity contribution in [3.63, 3.8) is 0 Å². The van der Waals surface area contributed by atoms with Gasteiger partial charge in [0.1, 0.15) is 5.75 Å². The number of phenolic OH excluding ortho intramolecular Hbond substituents is 1. The third kappa shape index (κ3) is 3.60. The number of hydrogen-bond donors (Lipinski definition) is 1. The molecule has 0 bridgehead atoms. The molecule has 0 amide bonds. The Labute approximate surface area is 144 Å². The van der Waals surface area contributed by atoms with Gasteiger partial charge in [0, 0.05) is 18.5 Å². The number of aromatic hydroxyl groups is 1. The minimum absolute atomic E-state index is 0.387. The van der Waals surface area contributed by atoms with Crippen molar-refractivity contribution < 1.29 is 5.11 Å². The molecular weight excluding hydrogens is 296 g/mol. The van der Waals surface area contributed by atoms with E-state index in [1.807, 2.05) is 43.3 Å². The molecular formula is C21H24N2O. The van der Waals surface area contributed by atoms with Gasteiger partial charge in [0.15, 0.2) is 0 Å². The summed E-state index contributed by atoms with van der Waals surface area (Å²) in [6.07, 6.45) is 2.88. The van der Waals surface area contributed by atoms with Gasteiger partial charge in [0.05, 0.1) is 6.07 Å². The fraction of sp³-hybridized carbons (Fsp3) is 0.381. The summed E-state index contributed by atoms with van der Waals surface area (Å²) in [4.78, 5) is 2.43. The van der Waals surface area contributed by atoms with Gasteiger partial charge in [-0.3, -0.25) is 4.90 Å². The molecule has 1 saturated heterocycles. The predicted molar refractivity (Wildman–Crippen MR) is 96.5 cm³/mol. The van der Waals surface area contributed by atoms with Crippen LogP contribution in [-0.4, -0.2) is 23.1 Å². The average Bonchev–Trinajstić information content (AvgIpc) is 2.62. The fourth-order valence-corrected chi connectivity index (χ4v) is 3.48. The number of rotatable bonds is 4. The highest BCUT2D eigenvalue weighted by Gasteiger charge is 2.20. The lowest BCUT2D eigenvalue weighted by Crippen LogP contribution is -2.33. The lowest BCUT2D eigenvalue weighted by molar-refractivity contribution is 0.178. The molecule has 2 aromatic carbocycles. The number of benzene rings is 2. The maximum Gasteiger partial charge on any atom is 0.126 e. The van der Waals surface area contributed by atoms with Crippen molar-refractivity contribution in [3.05, 3.63) is 53.6 Å². The van der Waals surface area contributed by atoms with Crippen LogP contribution in [0.2, 0.25) is 0 Å². The van der Waals surface area contributed by atoms with E-state index < -0.39 is 0 Å². The Morgan fingerprint density at radius 3 is 2.50 bits per heavy atom. The molecule has 0 spiro atoms. The Morgan fingerprint density at radius 2 is 1.83 bits per heavy atom. The van der Waals surface area contributed by atoms with Crippen LogP contribution in [0.1, 0.15) is 30.4 Å². The molecule has 124 valence electrons. The van der Waals surface area contributed by atoms with Crippen molar-refractivity contribution in [1.82, 2.24) is 4.90 Å². The molecule has 0 saturated carbocycles. The summed E-state index contributed by atoms with van der Waals surface area (Å²) in [7, 11) is 0.